The maximum absolute atomic E-state index is 13.9. The van der Waals surface area contributed by atoms with Crippen molar-refractivity contribution < 1.29 is 23.5 Å². The van der Waals surface area contributed by atoms with Crippen molar-refractivity contribution in [2.45, 2.75) is 53.4 Å². The van der Waals surface area contributed by atoms with E-state index in [0.29, 0.717) is 24.7 Å². The predicted molar refractivity (Wildman–Crippen MR) is 85.8 cm³/mol. The number of halogens is 1. The van der Waals surface area contributed by atoms with Crippen LogP contribution in [0, 0.1) is 17.7 Å². The molecule has 0 aliphatic carbocycles. The zero-order valence-corrected chi connectivity index (χ0v) is 14.2. The van der Waals surface area contributed by atoms with Crippen LogP contribution in [0.2, 0.25) is 0 Å². The minimum atomic E-state index is -0.725. The van der Waals surface area contributed by atoms with Gasteiger partial charge in [0.25, 0.3) is 0 Å². The lowest BCUT2D eigenvalue weighted by Gasteiger charge is -2.12. The van der Waals surface area contributed by atoms with Gasteiger partial charge in [-0.3, -0.25) is 9.59 Å². The average molecular weight is 324 g/mol. The molecule has 0 aromatic heterocycles. The molecule has 128 valence electrons. The smallest absolute Gasteiger partial charge is 0.311 e. The van der Waals surface area contributed by atoms with Gasteiger partial charge in [-0.1, -0.05) is 33.8 Å². The molecule has 0 aliphatic rings. The van der Waals surface area contributed by atoms with Crippen LogP contribution in [-0.4, -0.2) is 11.9 Å². The van der Waals surface area contributed by atoms with Gasteiger partial charge >= 0.3 is 11.9 Å². The Morgan fingerprint density at radius 2 is 1.48 bits per heavy atom. The van der Waals surface area contributed by atoms with Crippen molar-refractivity contribution in [2.24, 2.45) is 11.8 Å². The summed E-state index contributed by atoms with van der Waals surface area (Å²) in [6.45, 7) is 7.96. The molecule has 0 unspecified atom stereocenters. The fourth-order valence-corrected chi connectivity index (χ4v) is 1.82. The number of benzene rings is 1. The van der Waals surface area contributed by atoms with Crippen LogP contribution in [0.5, 0.6) is 11.5 Å². The van der Waals surface area contributed by atoms with Gasteiger partial charge in [-0.2, -0.15) is 0 Å². The van der Waals surface area contributed by atoms with E-state index in [1.54, 1.807) is 0 Å². The largest absolute Gasteiger partial charge is 0.422 e. The number of esters is 2. The normalized spacial score (nSPS) is 10.9. The first-order valence-corrected chi connectivity index (χ1v) is 7.99. The molecule has 0 radical (unpaired) electrons. The first-order valence-electron chi connectivity index (χ1n) is 7.99. The van der Waals surface area contributed by atoms with Crippen molar-refractivity contribution in [1.82, 2.24) is 0 Å². The van der Waals surface area contributed by atoms with Crippen molar-refractivity contribution in [2.75, 3.05) is 0 Å². The summed E-state index contributed by atoms with van der Waals surface area (Å²) in [5.41, 5.74) is 0. The van der Waals surface area contributed by atoms with E-state index in [1.807, 2.05) is 27.7 Å². The van der Waals surface area contributed by atoms with Crippen molar-refractivity contribution in [3.8, 4) is 11.5 Å². The quantitative estimate of drug-likeness (QED) is 0.521. The van der Waals surface area contributed by atoms with Gasteiger partial charge < -0.3 is 9.47 Å². The molecule has 0 saturated carbocycles. The van der Waals surface area contributed by atoms with E-state index in [1.165, 1.54) is 12.1 Å². The summed E-state index contributed by atoms with van der Waals surface area (Å²) in [6.07, 6.45) is 1.75. The molecule has 1 aromatic carbocycles. The van der Waals surface area contributed by atoms with E-state index in [9.17, 15) is 14.0 Å². The summed E-state index contributed by atoms with van der Waals surface area (Å²) in [6, 6.07) is 3.99. The molecule has 0 spiro atoms. The third kappa shape index (κ3) is 7.26. The summed E-state index contributed by atoms with van der Waals surface area (Å²) in [4.78, 5) is 23.6. The van der Waals surface area contributed by atoms with Gasteiger partial charge in [-0.25, -0.2) is 4.39 Å². The van der Waals surface area contributed by atoms with Gasteiger partial charge in [0, 0.05) is 12.8 Å². The number of hydrogen-bond donors (Lipinski definition) is 0. The number of carbonyl (C=O) groups excluding carboxylic acids is 2. The molecule has 0 fully saturated rings. The van der Waals surface area contributed by atoms with Crippen molar-refractivity contribution >= 4 is 11.9 Å². The molecular weight excluding hydrogens is 299 g/mol. The first-order chi connectivity index (χ1) is 10.8. The van der Waals surface area contributed by atoms with Gasteiger partial charge in [0.15, 0.2) is 11.6 Å². The molecule has 1 rings (SSSR count). The fourth-order valence-electron chi connectivity index (χ4n) is 1.82. The third-order valence-corrected chi connectivity index (χ3v) is 3.22. The molecule has 0 aliphatic heterocycles. The van der Waals surface area contributed by atoms with Gasteiger partial charge in [0.1, 0.15) is 0 Å². The number of para-hydroxylation sites is 1. The minimum absolute atomic E-state index is 0.0587. The highest BCUT2D eigenvalue weighted by atomic mass is 19.1. The highest BCUT2D eigenvalue weighted by molar-refractivity contribution is 5.76. The molecular formula is C18H25FO4. The second kappa shape index (κ2) is 9.28. The van der Waals surface area contributed by atoms with E-state index in [4.69, 9.17) is 9.47 Å². The van der Waals surface area contributed by atoms with Crippen LogP contribution in [0.3, 0.4) is 0 Å². The first kappa shape index (κ1) is 19.1. The van der Waals surface area contributed by atoms with E-state index in [0.717, 1.165) is 6.07 Å². The van der Waals surface area contributed by atoms with Crippen LogP contribution >= 0.6 is 0 Å². The Labute approximate surface area is 137 Å². The Hall–Kier alpha value is -1.91. The second-order valence-corrected chi connectivity index (χ2v) is 6.38. The van der Waals surface area contributed by atoms with Crippen LogP contribution in [0.15, 0.2) is 18.2 Å². The molecule has 0 heterocycles. The zero-order valence-electron chi connectivity index (χ0n) is 14.2. The summed E-state index contributed by atoms with van der Waals surface area (Å²) in [5.74, 6) is -1.40. The van der Waals surface area contributed by atoms with Gasteiger partial charge in [-0.05, 0) is 36.8 Å². The summed E-state index contributed by atoms with van der Waals surface area (Å²) < 4.78 is 24.1. The van der Waals surface area contributed by atoms with Gasteiger partial charge in [0.2, 0.25) is 5.75 Å². The molecule has 0 N–H and O–H groups in total. The Morgan fingerprint density at radius 3 is 2.00 bits per heavy atom. The van der Waals surface area contributed by atoms with E-state index in [-0.39, 0.29) is 24.3 Å². The molecule has 1 aromatic rings. The SMILES string of the molecule is CC(C)CCC(=O)Oc1cccc(F)c1OC(=O)CCC(C)C. The zero-order chi connectivity index (χ0) is 17.4. The Morgan fingerprint density at radius 1 is 0.957 bits per heavy atom. The molecule has 0 bridgehead atoms. The summed E-state index contributed by atoms with van der Waals surface area (Å²) >= 11 is 0. The standard InChI is InChI=1S/C18H25FO4/c1-12(2)8-10-16(20)22-15-7-5-6-14(19)18(15)23-17(21)11-9-13(3)4/h5-7,12-13H,8-11H2,1-4H3. The highest BCUT2D eigenvalue weighted by Gasteiger charge is 2.18. The third-order valence-electron chi connectivity index (χ3n) is 3.22. The number of rotatable bonds is 8. The molecule has 0 amide bonds. The number of hydrogen-bond acceptors (Lipinski definition) is 4. The Kier molecular flexibility index (Phi) is 7.72. The number of ether oxygens (including phenoxy) is 2. The van der Waals surface area contributed by atoms with Gasteiger partial charge in [0.05, 0.1) is 0 Å². The minimum Gasteiger partial charge on any atom is -0.422 e. The fraction of sp³-hybridized carbons (Fsp3) is 0.556. The van der Waals surface area contributed by atoms with Crippen molar-refractivity contribution in [1.29, 1.82) is 0 Å². The second-order valence-electron chi connectivity index (χ2n) is 6.38. The maximum Gasteiger partial charge on any atom is 0.311 e. The molecule has 4 nitrogen and oxygen atoms in total. The van der Waals surface area contributed by atoms with E-state index in [2.05, 4.69) is 0 Å². The van der Waals surface area contributed by atoms with Crippen LogP contribution in [0.4, 0.5) is 4.39 Å². The highest BCUT2D eigenvalue weighted by Crippen LogP contribution is 2.31. The lowest BCUT2D eigenvalue weighted by atomic mass is 10.1. The summed E-state index contributed by atoms with van der Waals surface area (Å²) in [5, 5.41) is 0. The van der Waals surface area contributed by atoms with E-state index < -0.39 is 17.8 Å². The topological polar surface area (TPSA) is 52.6 Å². The van der Waals surface area contributed by atoms with Crippen LogP contribution in [-0.2, 0) is 9.59 Å². The predicted octanol–water partition coefficient (Wildman–Crippen LogP) is 4.51. The Balaban J connectivity index is 2.75. The summed E-state index contributed by atoms with van der Waals surface area (Å²) in [7, 11) is 0. The van der Waals surface area contributed by atoms with Crippen LogP contribution in [0.1, 0.15) is 53.4 Å². The molecule has 0 saturated heterocycles. The van der Waals surface area contributed by atoms with Crippen LogP contribution < -0.4 is 9.47 Å². The van der Waals surface area contributed by atoms with E-state index >= 15 is 0 Å². The lowest BCUT2D eigenvalue weighted by Crippen LogP contribution is -2.14. The van der Waals surface area contributed by atoms with Crippen molar-refractivity contribution in [3.63, 3.8) is 0 Å². The molecule has 0 atom stereocenters. The van der Waals surface area contributed by atoms with Gasteiger partial charge in [-0.15, -0.1) is 0 Å². The monoisotopic (exact) mass is 324 g/mol. The van der Waals surface area contributed by atoms with Crippen LogP contribution in [0.25, 0.3) is 0 Å². The number of carbonyl (C=O) groups is 2. The Bertz CT molecular complexity index is 538. The molecule has 5 heteroatoms. The lowest BCUT2D eigenvalue weighted by molar-refractivity contribution is -0.137. The molecule has 23 heavy (non-hydrogen) atoms. The van der Waals surface area contributed by atoms with Crippen molar-refractivity contribution in [3.05, 3.63) is 24.0 Å². The average Bonchev–Trinajstić information content (AvgIpc) is 2.46. The maximum atomic E-state index is 13.9.